The SMILES string of the molecule is C=C(Cc1ccc(CC)cc1)Nc1ccc(C(=C)C)c(CC)c1.CC.CCCC1CCCCC1CC. The second-order valence-electron chi connectivity index (χ2n) is 10.1. The van der Waals surface area contributed by atoms with Gasteiger partial charge in [0.25, 0.3) is 0 Å². The zero-order valence-electron chi connectivity index (χ0n) is 24.7. The Morgan fingerprint density at radius 3 is 1.97 bits per heavy atom. The molecule has 1 saturated carbocycles. The lowest BCUT2D eigenvalue weighted by Gasteiger charge is -2.30. The molecule has 2 atom stereocenters. The van der Waals surface area contributed by atoms with E-state index in [1.165, 1.54) is 67.2 Å². The highest BCUT2D eigenvalue weighted by molar-refractivity contribution is 5.68. The Labute approximate surface area is 224 Å². The third-order valence-electron chi connectivity index (χ3n) is 7.37. The summed E-state index contributed by atoms with van der Waals surface area (Å²) in [4.78, 5) is 0. The summed E-state index contributed by atoms with van der Waals surface area (Å²) >= 11 is 0. The number of allylic oxidation sites excluding steroid dienone is 2. The smallest absolute Gasteiger partial charge is 0.0384 e. The van der Waals surface area contributed by atoms with Crippen molar-refractivity contribution in [2.24, 2.45) is 11.8 Å². The normalized spacial score (nSPS) is 16.6. The molecule has 200 valence electrons. The number of nitrogens with one attached hydrogen (secondary N) is 1. The van der Waals surface area contributed by atoms with Crippen molar-refractivity contribution in [1.29, 1.82) is 0 Å². The first-order valence-electron chi connectivity index (χ1n) is 14.7. The average molecular weight is 490 g/mol. The molecule has 2 aromatic carbocycles. The molecule has 1 nitrogen and oxygen atoms in total. The highest BCUT2D eigenvalue weighted by atomic mass is 14.9. The Morgan fingerprint density at radius 2 is 1.44 bits per heavy atom. The predicted molar refractivity (Wildman–Crippen MR) is 165 cm³/mol. The van der Waals surface area contributed by atoms with Gasteiger partial charge < -0.3 is 5.32 Å². The summed E-state index contributed by atoms with van der Waals surface area (Å²) in [5, 5.41) is 3.44. The number of benzene rings is 2. The van der Waals surface area contributed by atoms with Crippen molar-refractivity contribution >= 4 is 11.3 Å². The van der Waals surface area contributed by atoms with Crippen molar-refractivity contribution in [3.05, 3.63) is 83.6 Å². The van der Waals surface area contributed by atoms with Crippen LogP contribution in [0, 0.1) is 11.8 Å². The van der Waals surface area contributed by atoms with E-state index in [-0.39, 0.29) is 0 Å². The molecule has 0 spiro atoms. The minimum absolute atomic E-state index is 0.841. The molecule has 0 aliphatic heterocycles. The summed E-state index contributed by atoms with van der Waals surface area (Å²) in [7, 11) is 0. The largest absolute Gasteiger partial charge is 0.359 e. The van der Waals surface area contributed by atoms with E-state index in [0.717, 1.165) is 48.1 Å². The highest BCUT2D eigenvalue weighted by Gasteiger charge is 2.22. The van der Waals surface area contributed by atoms with Crippen LogP contribution in [0.25, 0.3) is 5.57 Å². The number of hydrogen-bond acceptors (Lipinski definition) is 1. The topological polar surface area (TPSA) is 12.0 Å². The fourth-order valence-corrected chi connectivity index (χ4v) is 5.34. The Bertz CT molecular complexity index is 887. The van der Waals surface area contributed by atoms with E-state index >= 15 is 0 Å². The number of anilines is 1. The molecule has 0 aromatic heterocycles. The standard InChI is InChI=1S/C22H27N.C11H22.C2H6/c1-6-18-8-10-19(11-9-18)14-17(5)23-21-12-13-22(16(3)4)20(7-2)15-21;1-3-7-11-9-6-5-8-10(11)4-2;1-2/h8-13,15,23H,3,5-7,14H2,1-2,4H3;10-11H,3-9H2,1-2H3;1-2H3. The second-order valence-corrected chi connectivity index (χ2v) is 10.1. The summed E-state index contributed by atoms with van der Waals surface area (Å²) in [5.74, 6) is 2.16. The van der Waals surface area contributed by atoms with Gasteiger partial charge in [0.05, 0.1) is 0 Å². The van der Waals surface area contributed by atoms with E-state index in [1.54, 1.807) is 0 Å². The molecule has 2 aromatic rings. The number of hydrogen-bond donors (Lipinski definition) is 1. The molecule has 0 amide bonds. The Hall–Kier alpha value is -2.28. The minimum atomic E-state index is 0.841. The van der Waals surface area contributed by atoms with Crippen molar-refractivity contribution in [3.63, 3.8) is 0 Å². The molecular formula is C35H55N. The van der Waals surface area contributed by atoms with E-state index in [9.17, 15) is 0 Å². The lowest BCUT2D eigenvalue weighted by atomic mass is 9.76. The monoisotopic (exact) mass is 489 g/mol. The molecule has 1 heteroatoms. The number of rotatable bonds is 10. The molecule has 1 fully saturated rings. The quantitative estimate of drug-likeness (QED) is 0.350. The van der Waals surface area contributed by atoms with Gasteiger partial charge in [-0.3, -0.25) is 0 Å². The van der Waals surface area contributed by atoms with Gasteiger partial charge in [-0.1, -0.05) is 136 Å². The van der Waals surface area contributed by atoms with Crippen LogP contribution in [-0.2, 0) is 19.3 Å². The average Bonchev–Trinajstić information content (AvgIpc) is 2.91. The molecule has 1 aliphatic carbocycles. The first-order chi connectivity index (χ1) is 17.4. The van der Waals surface area contributed by atoms with Gasteiger partial charge in [0.15, 0.2) is 0 Å². The van der Waals surface area contributed by atoms with E-state index in [1.807, 2.05) is 13.8 Å². The van der Waals surface area contributed by atoms with Crippen molar-refractivity contribution < 1.29 is 0 Å². The van der Waals surface area contributed by atoms with Crippen molar-refractivity contribution in [2.75, 3.05) is 5.32 Å². The molecule has 0 bridgehead atoms. The molecule has 2 unspecified atom stereocenters. The van der Waals surface area contributed by atoms with Crippen LogP contribution in [0.5, 0.6) is 0 Å². The van der Waals surface area contributed by atoms with Crippen LogP contribution >= 0.6 is 0 Å². The first kappa shape index (κ1) is 31.7. The first-order valence-corrected chi connectivity index (χ1v) is 14.7. The van der Waals surface area contributed by atoms with Gasteiger partial charge in [-0.15, -0.1) is 0 Å². The Kier molecular flexibility index (Phi) is 15.9. The van der Waals surface area contributed by atoms with Crippen molar-refractivity contribution in [2.45, 2.75) is 113 Å². The Morgan fingerprint density at radius 1 is 0.833 bits per heavy atom. The second kappa shape index (κ2) is 18.0. The summed E-state index contributed by atoms with van der Waals surface area (Å²) in [5.41, 5.74) is 8.45. The molecule has 0 saturated heterocycles. The van der Waals surface area contributed by atoms with Gasteiger partial charge in [-0.2, -0.15) is 0 Å². The van der Waals surface area contributed by atoms with E-state index in [2.05, 4.69) is 95.6 Å². The zero-order valence-corrected chi connectivity index (χ0v) is 24.7. The fraction of sp³-hybridized carbons (Fsp3) is 0.543. The third kappa shape index (κ3) is 10.8. The van der Waals surface area contributed by atoms with Crippen LogP contribution in [0.4, 0.5) is 5.69 Å². The van der Waals surface area contributed by atoms with E-state index < -0.39 is 0 Å². The minimum Gasteiger partial charge on any atom is -0.359 e. The molecule has 36 heavy (non-hydrogen) atoms. The van der Waals surface area contributed by atoms with Gasteiger partial charge in [-0.05, 0) is 66.0 Å². The summed E-state index contributed by atoms with van der Waals surface area (Å²) in [6.07, 6.45) is 13.3. The maximum Gasteiger partial charge on any atom is 0.0384 e. The molecular weight excluding hydrogens is 434 g/mol. The summed E-state index contributed by atoms with van der Waals surface area (Å²) in [6, 6.07) is 15.2. The molecule has 0 heterocycles. The van der Waals surface area contributed by atoms with Crippen LogP contribution in [0.2, 0.25) is 0 Å². The lowest BCUT2D eigenvalue weighted by Crippen LogP contribution is -2.18. The Balaban J connectivity index is 0.000000417. The van der Waals surface area contributed by atoms with Crippen molar-refractivity contribution in [1.82, 2.24) is 0 Å². The maximum absolute atomic E-state index is 4.17. The van der Waals surface area contributed by atoms with Crippen LogP contribution in [0.3, 0.4) is 0 Å². The zero-order chi connectivity index (χ0) is 26.9. The fourth-order valence-electron chi connectivity index (χ4n) is 5.34. The van der Waals surface area contributed by atoms with Gasteiger partial charge >= 0.3 is 0 Å². The molecule has 0 radical (unpaired) electrons. The van der Waals surface area contributed by atoms with E-state index in [0.29, 0.717) is 0 Å². The molecule has 1 aliphatic rings. The maximum atomic E-state index is 4.17. The van der Waals surface area contributed by atoms with E-state index in [4.69, 9.17) is 0 Å². The van der Waals surface area contributed by atoms with Gasteiger partial charge in [0.1, 0.15) is 0 Å². The van der Waals surface area contributed by atoms with Gasteiger partial charge in [0, 0.05) is 17.8 Å². The lowest BCUT2D eigenvalue weighted by molar-refractivity contribution is 0.216. The van der Waals surface area contributed by atoms with Crippen LogP contribution in [0.1, 0.15) is 116 Å². The number of aryl methyl sites for hydroxylation is 2. The molecule has 3 rings (SSSR count). The summed E-state index contributed by atoms with van der Waals surface area (Å²) < 4.78 is 0. The van der Waals surface area contributed by atoms with Crippen molar-refractivity contribution in [3.8, 4) is 0 Å². The summed E-state index contributed by atoms with van der Waals surface area (Å²) in [6.45, 7) is 23.3. The predicted octanol–water partition coefficient (Wildman–Crippen LogP) is 11.0. The van der Waals surface area contributed by atoms with Crippen LogP contribution < -0.4 is 5.32 Å². The molecule has 1 N–H and O–H groups in total. The third-order valence-corrected chi connectivity index (χ3v) is 7.37. The van der Waals surface area contributed by atoms with Gasteiger partial charge in [-0.25, -0.2) is 0 Å². The van der Waals surface area contributed by atoms with Gasteiger partial charge in [0.2, 0.25) is 0 Å². The van der Waals surface area contributed by atoms with Crippen LogP contribution in [-0.4, -0.2) is 0 Å². The van der Waals surface area contributed by atoms with Crippen LogP contribution in [0.15, 0.2) is 61.3 Å². The highest BCUT2D eigenvalue weighted by Crippen LogP contribution is 2.34.